The second-order valence-electron chi connectivity index (χ2n) is 5.84. The van der Waals surface area contributed by atoms with Gasteiger partial charge in [-0.15, -0.1) is 0 Å². The first kappa shape index (κ1) is 11.7. The minimum absolute atomic E-state index is 0.335. The third-order valence-electron chi connectivity index (χ3n) is 3.71. The highest BCUT2D eigenvalue weighted by Gasteiger charge is 2.27. The highest BCUT2D eigenvalue weighted by atomic mass is 15.2. The van der Waals surface area contributed by atoms with E-state index in [2.05, 4.69) is 56.0 Å². The SMILES string of the molecule is CC(C)(C)N1CCC(c2ccccc2)CC1. The number of likely N-dealkylation sites (tertiary alicyclic amines) is 1. The molecule has 0 atom stereocenters. The van der Waals surface area contributed by atoms with Crippen LogP contribution in [0.25, 0.3) is 0 Å². The van der Waals surface area contributed by atoms with E-state index in [1.165, 1.54) is 31.5 Å². The van der Waals surface area contributed by atoms with E-state index in [1.807, 2.05) is 0 Å². The van der Waals surface area contributed by atoms with Gasteiger partial charge in [0.05, 0.1) is 0 Å². The van der Waals surface area contributed by atoms with Crippen LogP contribution in [0.15, 0.2) is 30.3 Å². The van der Waals surface area contributed by atoms with Crippen molar-refractivity contribution < 1.29 is 0 Å². The molecule has 1 saturated heterocycles. The molecule has 1 aromatic rings. The Morgan fingerprint density at radius 3 is 2.06 bits per heavy atom. The molecule has 88 valence electrons. The van der Waals surface area contributed by atoms with Crippen LogP contribution in [0.4, 0.5) is 0 Å². The fourth-order valence-corrected chi connectivity index (χ4v) is 2.61. The molecule has 1 aromatic carbocycles. The molecular formula is C15H23N. The molecule has 0 radical (unpaired) electrons. The minimum atomic E-state index is 0.335. The molecular weight excluding hydrogens is 194 g/mol. The molecule has 0 spiro atoms. The van der Waals surface area contributed by atoms with Crippen molar-refractivity contribution in [1.29, 1.82) is 0 Å². The fraction of sp³-hybridized carbons (Fsp3) is 0.600. The Morgan fingerprint density at radius 1 is 1.00 bits per heavy atom. The smallest absolute Gasteiger partial charge is 0.0125 e. The van der Waals surface area contributed by atoms with Gasteiger partial charge in [-0.05, 0) is 58.2 Å². The van der Waals surface area contributed by atoms with Gasteiger partial charge in [0.1, 0.15) is 0 Å². The predicted molar refractivity (Wildman–Crippen MR) is 69.7 cm³/mol. The molecule has 2 rings (SSSR count). The van der Waals surface area contributed by atoms with Crippen molar-refractivity contribution in [3.8, 4) is 0 Å². The maximum Gasteiger partial charge on any atom is 0.0125 e. The number of rotatable bonds is 1. The Kier molecular flexibility index (Phi) is 3.34. The average Bonchev–Trinajstić information content (AvgIpc) is 2.29. The Balaban J connectivity index is 1.96. The molecule has 16 heavy (non-hydrogen) atoms. The van der Waals surface area contributed by atoms with Crippen molar-refractivity contribution in [3.05, 3.63) is 35.9 Å². The van der Waals surface area contributed by atoms with Crippen LogP contribution in [0.5, 0.6) is 0 Å². The monoisotopic (exact) mass is 217 g/mol. The van der Waals surface area contributed by atoms with E-state index in [-0.39, 0.29) is 0 Å². The molecule has 1 heteroatoms. The van der Waals surface area contributed by atoms with Crippen molar-refractivity contribution >= 4 is 0 Å². The number of piperidine rings is 1. The van der Waals surface area contributed by atoms with Crippen molar-refractivity contribution in [3.63, 3.8) is 0 Å². The van der Waals surface area contributed by atoms with E-state index >= 15 is 0 Å². The Morgan fingerprint density at radius 2 is 1.56 bits per heavy atom. The Hall–Kier alpha value is -0.820. The molecule has 1 nitrogen and oxygen atoms in total. The topological polar surface area (TPSA) is 3.24 Å². The van der Waals surface area contributed by atoms with Crippen LogP contribution in [0.3, 0.4) is 0 Å². The quantitative estimate of drug-likeness (QED) is 0.694. The first-order chi connectivity index (χ1) is 7.57. The van der Waals surface area contributed by atoms with Crippen LogP contribution in [0, 0.1) is 0 Å². The zero-order valence-electron chi connectivity index (χ0n) is 10.7. The average molecular weight is 217 g/mol. The lowest BCUT2D eigenvalue weighted by molar-refractivity contribution is 0.102. The summed E-state index contributed by atoms with van der Waals surface area (Å²) in [5, 5.41) is 0. The zero-order valence-corrected chi connectivity index (χ0v) is 10.7. The van der Waals surface area contributed by atoms with Crippen molar-refractivity contribution in [2.45, 2.75) is 45.1 Å². The van der Waals surface area contributed by atoms with Crippen LogP contribution >= 0.6 is 0 Å². The predicted octanol–water partition coefficient (Wildman–Crippen LogP) is 3.66. The number of nitrogens with zero attached hydrogens (tertiary/aromatic N) is 1. The van der Waals surface area contributed by atoms with Crippen LogP contribution in [-0.4, -0.2) is 23.5 Å². The molecule has 0 saturated carbocycles. The summed E-state index contributed by atoms with van der Waals surface area (Å²) in [7, 11) is 0. The maximum atomic E-state index is 2.60. The second-order valence-corrected chi connectivity index (χ2v) is 5.84. The maximum absolute atomic E-state index is 2.60. The normalized spacial score (nSPS) is 19.9. The summed E-state index contributed by atoms with van der Waals surface area (Å²) in [6.07, 6.45) is 2.61. The van der Waals surface area contributed by atoms with Crippen LogP contribution in [-0.2, 0) is 0 Å². The van der Waals surface area contributed by atoms with E-state index < -0.39 is 0 Å². The molecule has 0 amide bonds. The Bertz CT molecular complexity index is 315. The third-order valence-corrected chi connectivity index (χ3v) is 3.71. The van der Waals surface area contributed by atoms with Crippen LogP contribution in [0.1, 0.15) is 45.1 Å². The molecule has 0 bridgehead atoms. The first-order valence-corrected chi connectivity index (χ1v) is 6.37. The van der Waals surface area contributed by atoms with Crippen molar-refractivity contribution in [2.75, 3.05) is 13.1 Å². The summed E-state index contributed by atoms with van der Waals surface area (Å²) in [5.74, 6) is 0.778. The molecule has 1 fully saturated rings. The summed E-state index contributed by atoms with van der Waals surface area (Å²) in [6.45, 7) is 9.42. The van der Waals surface area contributed by atoms with E-state index in [4.69, 9.17) is 0 Å². The van der Waals surface area contributed by atoms with Gasteiger partial charge in [0.25, 0.3) is 0 Å². The van der Waals surface area contributed by atoms with Gasteiger partial charge in [-0.25, -0.2) is 0 Å². The lowest BCUT2D eigenvalue weighted by atomic mass is 9.87. The fourth-order valence-electron chi connectivity index (χ4n) is 2.61. The molecule has 1 heterocycles. The van der Waals surface area contributed by atoms with Gasteiger partial charge >= 0.3 is 0 Å². The molecule has 1 aliphatic heterocycles. The highest BCUT2D eigenvalue weighted by Crippen LogP contribution is 2.30. The summed E-state index contributed by atoms with van der Waals surface area (Å²) < 4.78 is 0. The van der Waals surface area contributed by atoms with Crippen LogP contribution < -0.4 is 0 Å². The third kappa shape index (κ3) is 2.65. The van der Waals surface area contributed by atoms with Gasteiger partial charge < -0.3 is 0 Å². The minimum Gasteiger partial charge on any atom is -0.298 e. The number of hydrogen-bond donors (Lipinski definition) is 0. The van der Waals surface area contributed by atoms with Gasteiger partial charge in [0, 0.05) is 5.54 Å². The van der Waals surface area contributed by atoms with E-state index in [0.717, 1.165) is 5.92 Å². The summed E-state index contributed by atoms with van der Waals surface area (Å²) >= 11 is 0. The molecule has 0 N–H and O–H groups in total. The zero-order chi connectivity index (χ0) is 11.6. The van der Waals surface area contributed by atoms with Crippen molar-refractivity contribution in [1.82, 2.24) is 4.90 Å². The highest BCUT2D eigenvalue weighted by molar-refractivity contribution is 5.20. The molecule has 0 aliphatic carbocycles. The molecule has 0 aromatic heterocycles. The van der Waals surface area contributed by atoms with E-state index in [1.54, 1.807) is 0 Å². The lowest BCUT2D eigenvalue weighted by Crippen LogP contribution is -2.45. The van der Waals surface area contributed by atoms with Gasteiger partial charge in [-0.1, -0.05) is 30.3 Å². The first-order valence-electron chi connectivity index (χ1n) is 6.37. The van der Waals surface area contributed by atoms with Crippen molar-refractivity contribution in [2.24, 2.45) is 0 Å². The molecule has 0 unspecified atom stereocenters. The molecule has 1 aliphatic rings. The van der Waals surface area contributed by atoms with E-state index in [9.17, 15) is 0 Å². The summed E-state index contributed by atoms with van der Waals surface area (Å²) in [4.78, 5) is 2.60. The van der Waals surface area contributed by atoms with Crippen LogP contribution in [0.2, 0.25) is 0 Å². The summed E-state index contributed by atoms with van der Waals surface area (Å²) in [6, 6.07) is 11.0. The standard InChI is InChI=1S/C15H23N/c1-15(2,3)16-11-9-14(10-12-16)13-7-5-4-6-8-13/h4-8,14H,9-12H2,1-3H3. The number of benzene rings is 1. The number of hydrogen-bond acceptors (Lipinski definition) is 1. The van der Waals surface area contributed by atoms with Gasteiger partial charge in [0.15, 0.2) is 0 Å². The van der Waals surface area contributed by atoms with E-state index in [0.29, 0.717) is 5.54 Å². The van der Waals surface area contributed by atoms with Gasteiger partial charge in [-0.2, -0.15) is 0 Å². The van der Waals surface area contributed by atoms with Gasteiger partial charge in [0.2, 0.25) is 0 Å². The van der Waals surface area contributed by atoms with Gasteiger partial charge in [-0.3, -0.25) is 4.90 Å². The second kappa shape index (κ2) is 4.58. The Labute approximate surface area is 99.5 Å². The lowest BCUT2D eigenvalue weighted by Gasteiger charge is -2.41. The largest absolute Gasteiger partial charge is 0.298 e. The summed E-state index contributed by atoms with van der Waals surface area (Å²) in [5.41, 5.74) is 1.86.